The van der Waals surface area contributed by atoms with Gasteiger partial charge in [-0.15, -0.1) is 11.3 Å². The Morgan fingerprint density at radius 3 is 2.85 bits per heavy atom. The second-order valence-electron chi connectivity index (χ2n) is 2.89. The van der Waals surface area contributed by atoms with Gasteiger partial charge in [-0.25, -0.2) is 0 Å². The van der Waals surface area contributed by atoms with Crippen LogP contribution in [0.15, 0.2) is 12.1 Å². The first kappa shape index (κ1) is 10.5. The van der Waals surface area contributed by atoms with E-state index in [1.54, 1.807) is 11.3 Å². The van der Waals surface area contributed by atoms with Crippen molar-refractivity contribution in [3.05, 3.63) is 21.3 Å². The second-order valence-corrected chi connectivity index (χ2v) is 4.64. The van der Waals surface area contributed by atoms with Crippen molar-refractivity contribution in [3.63, 3.8) is 0 Å². The molecule has 0 spiro atoms. The number of halogens is 1. The molecule has 0 N–H and O–H groups in total. The van der Waals surface area contributed by atoms with Crippen LogP contribution in [0, 0.1) is 11.3 Å². The van der Waals surface area contributed by atoms with Crippen LogP contribution in [-0.2, 0) is 0 Å². The van der Waals surface area contributed by atoms with Gasteiger partial charge in [0.15, 0.2) is 0 Å². The minimum Gasteiger partial charge on any atom is -0.286 e. The fraction of sp³-hybridized carbons (Fsp3) is 0.444. The molecule has 0 amide bonds. The van der Waals surface area contributed by atoms with Crippen molar-refractivity contribution in [3.8, 4) is 6.07 Å². The van der Waals surface area contributed by atoms with E-state index in [0.29, 0.717) is 6.54 Å². The van der Waals surface area contributed by atoms with E-state index < -0.39 is 0 Å². The van der Waals surface area contributed by atoms with Gasteiger partial charge in [0, 0.05) is 10.9 Å². The van der Waals surface area contributed by atoms with E-state index in [-0.39, 0.29) is 6.04 Å². The standard InChI is InChI=1S/C9H11ClN2S/c1-7(12(2)6-5-11)8-3-4-9(10)13-8/h3-4,7H,6H2,1-2H3. The molecule has 13 heavy (non-hydrogen) atoms. The molecule has 0 bridgehead atoms. The summed E-state index contributed by atoms with van der Waals surface area (Å²) in [6, 6.07) is 6.28. The van der Waals surface area contributed by atoms with Crippen molar-refractivity contribution in [2.45, 2.75) is 13.0 Å². The zero-order valence-corrected chi connectivity index (χ0v) is 9.19. The molecule has 0 aliphatic heterocycles. The van der Waals surface area contributed by atoms with Gasteiger partial charge in [0.05, 0.1) is 17.0 Å². The summed E-state index contributed by atoms with van der Waals surface area (Å²) >= 11 is 7.39. The topological polar surface area (TPSA) is 27.0 Å². The number of hydrogen-bond acceptors (Lipinski definition) is 3. The number of nitriles is 1. The molecule has 2 nitrogen and oxygen atoms in total. The first-order valence-electron chi connectivity index (χ1n) is 3.97. The summed E-state index contributed by atoms with van der Waals surface area (Å²) in [6.07, 6.45) is 0. The monoisotopic (exact) mass is 214 g/mol. The van der Waals surface area contributed by atoms with Gasteiger partial charge in [-0.1, -0.05) is 11.6 Å². The number of rotatable bonds is 3. The van der Waals surface area contributed by atoms with E-state index >= 15 is 0 Å². The fourth-order valence-corrected chi connectivity index (χ4v) is 2.20. The van der Waals surface area contributed by atoms with Crippen LogP contribution in [0.5, 0.6) is 0 Å². The molecule has 1 aromatic rings. The summed E-state index contributed by atoms with van der Waals surface area (Å²) in [5, 5.41) is 8.52. The summed E-state index contributed by atoms with van der Waals surface area (Å²) in [4.78, 5) is 3.19. The summed E-state index contributed by atoms with van der Waals surface area (Å²) < 4.78 is 0.798. The van der Waals surface area contributed by atoms with E-state index in [9.17, 15) is 0 Å². The maximum Gasteiger partial charge on any atom is 0.0931 e. The van der Waals surface area contributed by atoms with Crippen LogP contribution < -0.4 is 0 Å². The van der Waals surface area contributed by atoms with Crippen LogP contribution in [0.1, 0.15) is 17.8 Å². The average molecular weight is 215 g/mol. The van der Waals surface area contributed by atoms with Crippen LogP contribution >= 0.6 is 22.9 Å². The molecule has 1 atom stereocenters. The van der Waals surface area contributed by atoms with Crippen LogP contribution in [-0.4, -0.2) is 18.5 Å². The lowest BCUT2D eigenvalue weighted by molar-refractivity contribution is 0.297. The highest BCUT2D eigenvalue weighted by Crippen LogP contribution is 2.29. The highest BCUT2D eigenvalue weighted by atomic mass is 35.5. The van der Waals surface area contributed by atoms with Gasteiger partial charge in [-0.3, -0.25) is 4.90 Å². The molecule has 0 aliphatic carbocycles. The smallest absolute Gasteiger partial charge is 0.0931 e. The van der Waals surface area contributed by atoms with E-state index in [2.05, 4.69) is 13.0 Å². The van der Waals surface area contributed by atoms with E-state index in [4.69, 9.17) is 16.9 Å². The van der Waals surface area contributed by atoms with Crippen LogP contribution in [0.2, 0.25) is 4.34 Å². The third-order valence-corrected chi connectivity index (χ3v) is 3.39. The first-order valence-corrected chi connectivity index (χ1v) is 5.17. The molecule has 1 aromatic heterocycles. The zero-order valence-electron chi connectivity index (χ0n) is 7.62. The van der Waals surface area contributed by atoms with Crippen LogP contribution in [0.25, 0.3) is 0 Å². The third kappa shape index (κ3) is 2.70. The average Bonchev–Trinajstić information content (AvgIpc) is 2.51. The van der Waals surface area contributed by atoms with Crippen molar-refractivity contribution < 1.29 is 0 Å². The van der Waals surface area contributed by atoms with Gasteiger partial charge < -0.3 is 0 Å². The fourth-order valence-electron chi connectivity index (χ4n) is 1.02. The first-order chi connectivity index (χ1) is 6.15. The molecular formula is C9H11ClN2S. The predicted molar refractivity (Wildman–Crippen MR) is 56.0 cm³/mol. The molecule has 0 aromatic carbocycles. The maximum atomic E-state index is 8.52. The second kappa shape index (κ2) is 4.61. The molecule has 0 aliphatic rings. The summed E-state index contributed by atoms with van der Waals surface area (Å²) in [7, 11) is 1.93. The molecule has 1 unspecified atom stereocenters. The Hall–Kier alpha value is -0.560. The van der Waals surface area contributed by atoms with Crippen molar-refractivity contribution in [2.75, 3.05) is 13.6 Å². The quantitative estimate of drug-likeness (QED) is 0.724. The van der Waals surface area contributed by atoms with Crippen LogP contribution in [0.3, 0.4) is 0 Å². The van der Waals surface area contributed by atoms with Gasteiger partial charge in [0.1, 0.15) is 0 Å². The van der Waals surface area contributed by atoms with Crippen molar-refractivity contribution in [1.82, 2.24) is 4.90 Å². The van der Waals surface area contributed by atoms with Gasteiger partial charge in [0.25, 0.3) is 0 Å². The highest BCUT2D eigenvalue weighted by Gasteiger charge is 2.12. The number of nitrogens with zero attached hydrogens (tertiary/aromatic N) is 2. The van der Waals surface area contributed by atoms with E-state index in [0.717, 1.165) is 4.34 Å². The van der Waals surface area contributed by atoms with Gasteiger partial charge in [-0.2, -0.15) is 5.26 Å². The zero-order chi connectivity index (χ0) is 9.84. The molecule has 1 heterocycles. The molecule has 0 saturated heterocycles. The molecule has 4 heteroatoms. The largest absolute Gasteiger partial charge is 0.286 e. The lowest BCUT2D eigenvalue weighted by atomic mass is 10.2. The Morgan fingerprint density at radius 1 is 1.69 bits per heavy atom. The third-order valence-electron chi connectivity index (χ3n) is 1.99. The van der Waals surface area contributed by atoms with E-state index in [1.807, 2.05) is 24.1 Å². The van der Waals surface area contributed by atoms with Crippen molar-refractivity contribution in [1.29, 1.82) is 5.26 Å². The van der Waals surface area contributed by atoms with Crippen LogP contribution in [0.4, 0.5) is 0 Å². The Bertz CT molecular complexity index is 316. The van der Waals surface area contributed by atoms with E-state index in [1.165, 1.54) is 4.88 Å². The Morgan fingerprint density at radius 2 is 2.38 bits per heavy atom. The highest BCUT2D eigenvalue weighted by molar-refractivity contribution is 7.16. The minimum atomic E-state index is 0.261. The Labute approximate surface area is 87.4 Å². The lowest BCUT2D eigenvalue weighted by Gasteiger charge is -2.20. The predicted octanol–water partition coefficient (Wildman–Crippen LogP) is 2.92. The number of hydrogen-bond donors (Lipinski definition) is 0. The summed E-state index contributed by atoms with van der Waals surface area (Å²) in [5.74, 6) is 0. The van der Waals surface area contributed by atoms with Crippen molar-refractivity contribution in [2.24, 2.45) is 0 Å². The molecule has 0 radical (unpaired) electrons. The van der Waals surface area contributed by atoms with Crippen molar-refractivity contribution >= 4 is 22.9 Å². The normalized spacial score (nSPS) is 12.8. The molecule has 0 fully saturated rings. The van der Waals surface area contributed by atoms with Gasteiger partial charge in [0.2, 0.25) is 0 Å². The molecule has 0 saturated carbocycles. The Balaban J connectivity index is 2.68. The maximum absolute atomic E-state index is 8.52. The number of thiophene rings is 1. The molecule has 70 valence electrons. The molecular weight excluding hydrogens is 204 g/mol. The molecule has 1 rings (SSSR count). The van der Waals surface area contributed by atoms with Gasteiger partial charge >= 0.3 is 0 Å². The lowest BCUT2D eigenvalue weighted by Crippen LogP contribution is -2.21. The summed E-state index contributed by atoms with van der Waals surface area (Å²) in [5.41, 5.74) is 0. The van der Waals surface area contributed by atoms with Gasteiger partial charge in [-0.05, 0) is 26.1 Å². The Kier molecular flexibility index (Phi) is 3.73. The minimum absolute atomic E-state index is 0.261. The SMILES string of the molecule is CC(c1ccc(Cl)s1)N(C)CC#N. The summed E-state index contributed by atoms with van der Waals surface area (Å²) in [6.45, 7) is 2.51.